The minimum atomic E-state index is -2.07. The number of aliphatic carboxylic acids is 2. The Morgan fingerprint density at radius 3 is 1.77 bits per heavy atom. The van der Waals surface area contributed by atoms with E-state index in [0.717, 1.165) is 64.8 Å². The van der Waals surface area contributed by atoms with Crippen LogP contribution in [0.1, 0.15) is 70.6 Å². The van der Waals surface area contributed by atoms with E-state index in [-0.39, 0.29) is 0 Å². The molecule has 1 heterocycles. The number of nitrogens with zero attached hydrogens (tertiary/aromatic N) is 1. The van der Waals surface area contributed by atoms with Crippen LogP contribution in [-0.2, 0) is 19.2 Å². The summed E-state index contributed by atoms with van der Waals surface area (Å²) in [6, 6.07) is 0. The van der Waals surface area contributed by atoms with Gasteiger partial charge < -0.3 is 24.8 Å². The van der Waals surface area contributed by atoms with Crippen LogP contribution in [0.5, 0.6) is 0 Å². The highest BCUT2D eigenvalue weighted by Crippen LogP contribution is 2.26. The second kappa shape index (κ2) is 12.7. The minimum Gasteiger partial charge on any atom is -0.539 e. The molecular weight excluding hydrogens is 388 g/mol. The van der Waals surface area contributed by atoms with Crippen LogP contribution < -0.4 is 10.0 Å². The van der Waals surface area contributed by atoms with Gasteiger partial charge in [-0.1, -0.05) is 38.5 Å². The molecule has 30 heavy (non-hydrogen) atoms. The van der Waals surface area contributed by atoms with Crippen molar-refractivity contribution in [3.63, 3.8) is 0 Å². The third kappa shape index (κ3) is 8.05. The number of carboxylic acid groups (broad SMARTS) is 2. The van der Waals surface area contributed by atoms with Crippen LogP contribution in [0.4, 0.5) is 0 Å². The van der Waals surface area contributed by atoms with Crippen molar-refractivity contribution in [2.45, 2.75) is 70.6 Å². The van der Waals surface area contributed by atoms with Crippen LogP contribution in [0.25, 0.3) is 0 Å². The zero-order valence-electron chi connectivity index (χ0n) is 17.9. The molecule has 0 spiro atoms. The van der Waals surface area contributed by atoms with Gasteiger partial charge in [0.1, 0.15) is 5.78 Å². The third-order valence-corrected chi connectivity index (χ3v) is 6.70. The molecule has 2 aliphatic carbocycles. The Balaban J connectivity index is 0.000000469. The lowest BCUT2D eigenvalue weighted by Crippen LogP contribution is -3.15. The van der Waals surface area contributed by atoms with Crippen molar-refractivity contribution in [2.24, 2.45) is 11.8 Å². The Bertz CT molecular complexity index is 576. The van der Waals surface area contributed by atoms with Crippen LogP contribution in [0, 0.1) is 11.8 Å². The smallest absolute Gasteiger partial charge is 0.351 e. The molecule has 1 amide bonds. The van der Waals surface area contributed by atoms with Gasteiger partial charge in [0.25, 0.3) is 0 Å². The summed E-state index contributed by atoms with van der Waals surface area (Å²) in [5, 5.41) is 16.3. The SMILES string of the molecule is O=C(CC[NH+]1CCN(C(=O)C2CCCCC2)CC1)C1CCCCC1.O=C([O-])C(=O)O. The Hall–Kier alpha value is -1.96. The summed E-state index contributed by atoms with van der Waals surface area (Å²) in [6.07, 6.45) is 12.7. The van der Waals surface area contributed by atoms with Gasteiger partial charge in [0, 0.05) is 11.8 Å². The molecule has 8 nitrogen and oxygen atoms in total. The van der Waals surface area contributed by atoms with Crippen molar-refractivity contribution in [1.29, 1.82) is 0 Å². The molecule has 0 atom stereocenters. The molecule has 2 N–H and O–H groups in total. The van der Waals surface area contributed by atoms with E-state index < -0.39 is 11.9 Å². The molecule has 0 unspecified atom stereocenters. The number of carbonyl (C=O) groups is 4. The summed E-state index contributed by atoms with van der Waals surface area (Å²) < 4.78 is 0. The number of hydrogen-bond acceptors (Lipinski definition) is 5. The van der Waals surface area contributed by atoms with Gasteiger partial charge in [-0.3, -0.25) is 9.59 Å². The van der Waals surface area contributed by atoms with Crippen molar-refractivity contribution < 1.29 is 34.3 Å². The maximum absolute atomic E-state index is 12.6. The molecule has 0 radical (unpaired) electrons. The first-order valence-electron chi connectivity index (χ1n) is 11.5. The van der Waals surface area contributed by atoms with Crippen LogP contribution in [0.3, 0.4) is 0 Å². The molecule has 0 aromatic heterocycles. The maximum Gasteiger partial charge on any atom is 0.351 e. The highest BCUT2D eigenvalue weighted by atomic mass is 16.4. The van der Waals surface area contributed by atoms with E-state index in [9.17, 15) is 9.59 Å². The fraction of sp³-hybridized carbons (Fsp3) is 0.818. The van der Waals surface area contributed by atoms with E-state index >= 15 is 0 Å². The van der Waals surface area contributed by atoms with Gasteiger partial charge in [0.05, 0.1) is 39.1 Å². The van der Waals surface area contributed by atoms with Crippen molar-refractivity contribution in [1.82, 2.24) is 4.90 Å². The molecule has 170 valence electrons. The van der Waals surface area contributed by atoms with Crippen LogP contribution in [0.2, 0.25) is 0 Å². The quantitative estimate of drug-likeness (QED) is 0.583. The van der Waals surface area contributed by atoms with E-state index in [4.69, 9.17) is 19.8 Å². The van der Waals surface area contributed by atoms with Crippen molar-refractivity contribution in [2.75, 3.05) is 32.7 Å². The number of amides is 1. The average molecular weight is 425 g/mol. The predicted molar refractivity (Wildman–Crippen MR) is 108 cm³/mol. The second-order valence-corrected chi connectivity index (χ2v) is 8.80. The molecule has 0 aromatic rings. The van der Waals surface area contributed by atoms with E-state index in [1.165, 1.54) is 43.4 Å². The summed E-state index contributed by atoms with van der Waals surface area (Å²) in [4.78, 5) is 46.6. The van der Waals surface area contributed by atoms with Gasteiger partial charge >= 0.3 is 5.97 Å². The zero-order valence-corrected chi connectivity index (χ0v) is 17.9. The molecule has 0 bridgehead atoms. The van der Waals surface area contributed by atoms with Crippen LogP contribution in [0.15, 0.2) is 0 Å². The number of Topliss-reactive ketones (excluding diaryl/α,β-unsaturated/α-hetero) is 1. The number of carboxylic acids is 2. The average Bonchev–Trinajstić information content (AvgIpc) is 2.79. The lowest BCUT2D eigenvalue weighted by molar-refractivity contribution is -0.903. The van der Waals surface area contributed by atoms with E-state index in [1.807, 2.05) is 0 Å². The number of carbonyl (C=O) groups excluding carboxylic acids is 3. The van der Waals surface area contributed by atoms with E-state index in [2.05, 4.69) is 4.90 Å². The summed E-state index contributed by atoms with van der Waals surface area (Å²) in [7, 11) is 0. The number of piperazine rings is 1. The fourth-order valence-corrected chi connectivity index (χ4v) is 4.83. The van der Waals surface area contributed by atoms with E-state index in [1.54, 1.807) is 0 Å². The zero-order chi connectivity index (χ0) is 21.9. The lowest BCUT2D eigenvalue weighted by atomic mass is 9.85. The maximum atomic E-state index is 12.6. The van der Waals surface area contributed by atoms with Gasteiger partial charge in [0.2, 0.25) is 5.91 Å². The van der Waals surface area contributed by atoms with Gasteiger partial charge in [0.15, 0.2) is 5.97 Å². The molecule has 3 aliphatic rings. The molecule has 1 aliphatic heterocycles. The standard InChI is InChI=1S/C20H34N2O2.C2H2O4/c23-19(17-7-3-1-4-8-17)11-12-21-13-15-22(16-14-21)20(24)18-9-5-2-6-10-18;3-1(4)2(5)6/h17-18H,1-16H2;(H,3,4)(H,5,6). The topological polar surface area (TPSA) is 119 Å². The highest BCUT2D eigenvalue weighted by molar-refractivity contribution is 6.26. The summed E-state index contributed by atoms with van der Waals surface area (Å²) >= 11 is 0. The Morgan fingerprint density at radius 2 is 1.30 bits per heavy atom. The predicted octanol–water partition coefficient (Wildman–Crippen LogP) is -0.346. The number of quaternary nitrogens is 1. The molecule has 8 heteroatoms. The van der Waals surface area contributed by atoms with Crippen LogP contribution >= 0.6 is 0 Å². The number of nitrogens with one attached hydrogen (secondary N) is 1. The first kappa shape index (κ1) is 24.3. The summed E-state index contributed by atoms with van der Waals surface area (Å²) in [5.41, 5.74) is 0. The normalized spacial score (nSPS) is 21.4. The molecule has 1 saturated heterocycles. The first-order chi connectivity index (χ1) is 14.4. The summed E-state index contributed by atoms with van der Waals surface area (Å²) in [5.74, 6) is -2.44. The molecule has 3 fully saturated rings. The van der Waals surface area contributed by atoms with Crippen LogP contribution in [-0.4, -0.2) is 66.4 Å². The van der Waals surface area contributed by atoms with Crippen molar-refractivity contribution in [3.8, 4) is 0 Å². The first-order valence-corrected chi connectivity index (χ1v) is 11.5. The van der Waals surface area contributed by atoms with E-state index in [0.29, 0.717) is 23.5 Å². The largest absolute Gasteiger partial charge is 0.539 e. The van der Waals surface area contributed by atoms with Gasteiger partial charge in [-0.05, 0) is 25.7 Å². The number of rotatable bonds is 5. The highest BCUT2D eigenvalue weighted by Gasteiger charge is 2.30. The summed E-state index contributed by atoms with van der Waals surface area (Å²) in [6.45, 7) is 4.80. The Labute approximate surface area is 178 Å². The number of hydrogen-bond donors (Lipinski definition) is 2. The Morgan fingerprint density at radius 1 is 0.833 bits per heavy atom. The third-order valence-electron chi connectivity index (χ3n) is 6.70. The fourth-order valence-electron chi connectivity index (χ4n) is 4.83. The molecule has 3 rings (SSSR count). The lowest BCUT2D eigenvalue weighted by Gasteiger charge is -2.35. The van der Waals surface area contributed by atoms with Gasteiger partial charge in [-0.15, -0.1) is 0 Å². The molecule has 0 aromatic carbocycles. The second-order valence-electron chi connectivity index (χ2n) is 8.80. The monoisotopic (exact) mass is 424 g/mol. The van der Waals surface area contributed by atoms with Gasteiger partial charge in [-0.2, -0.15) is 0 Å². The molecular formula is C22H36N2O6. The van der Waals surface area contributed by atoms with Crippen molar-refractivity contribution in [3.05, 3.63) is 0 Å². The number of ketones is 1. The molecule has 2 saturated carbocycles. The van der Waals surface area contributed by atoms with Crippen molar-refractivity contribution >= 4 is 23.6 Å². The minimum absolute atomic E-state index is 0.299. The Kier molecular flexibility index (Phi) is 10.3. The van der Waals surface area contributed by atoms with Gasteiger partial charge in [-0.25, -0.2) is 4.79 Å².